The molecule has 128 valence electrons. The molecule has 2 unspecified atom stereocenters. The Labute approximate surface area is 137 Å². The van der Waals surface area contributed by atoms with Crippen molar-refractivity contribution in [3.63, 3.8) is 0 Å². The summed E-state index contributed by atoms with van der Waals surface area (Å²) in [6, 6.07) is 7.83. The van der Waals surface area contributed by atoms with Gasteiger partial charge < -0.3 is 14.6 Å². The van der Waals surface area contributed by atoms with Gasteiger partial charge in [-0.25, -0.2) is 4.79 Å². The molecule has 23 heavy (non-hydrogen) atoms. The first-order valence-electron chi connectivity index (χ1n) is 7.89. The fraction of sp³-hybridized carbons (Fsp3) is 0.556. The molecule has 1 aromatic rings. The highest BCUT2D eigenvalue weighted by molar-refractivity contribution is 5.77. The Kier molecular flexibility index (Phi) is 7.07. The van der Waals surface area contributed by atoms with Gasteiger partial charge in [-0.05, 0) is 30.4 Å². The zero-order chi connectivity index (χ0) is 17.6. The number of hydrogen-bond donors (Lipinski definition) is 1. The zero-order valence-electron chi connectivity index (χ0n) is 14.4. The number of carbonyl (C=O) groups is 2. The minimum atomic E-state index is -1.46. The van der Waals surface area contributed by atoms with E-state index in [1.54, 1.807) is 20.8 Å². The fourth-order valence-electron chi connectivity index (χ4n) is 2.16. The molecular formula is C18H26O5. The second-order valence-corrected chi connectivity index (χ2v) is 6.49. The van der Waals surface area contributed by atoms with Crippen LogP contribution in [0.15, 0.2) is 24.3 Å². The van der Waals surface area contributed by atoms with E-state index in [-0.39, 0.29) is 5.92 Å². The van der Waals surface area contributed by atoms with E-state index in [9.17, 15) is 9.59 Å². The molecule has 0 saturated carbocycles. The third-order valence-electron chi connectivity index (χ3n) is 3.47. The first-order chi connectivity index (χ1) is 10.7. The molecule has 0 fully saturated rings. The van der Waals surface area contributed by atoms with Crippen molar-refractivity contribution < 1.29 is 24.2 Å². The van der Waals surface area contributed by atoms with E-state index in [1.165, 1.54) is 5.56 Å². The summed E-state index contributed by atoms with van der Waals surface area (Å²) < 4.78 is 9.80. The van der Waals surface area contributed by atoms with Crippen LogP contribution in [0.5, 0.6) is 0 Å². The minimum Gasteiger partial charge on any atom is -0.450 e. The van der Waals surface area contributed by atoms with Crippen molar-refractivity contribution in [2.45, 2.75) is 53.2 Å². The van der Waals surface area contributed by atoms with Gasteiger partial charge in [0.05, 0.1) is 5.92 Å². The molecule has 1 aromatic carbocycles. The highest BCUT2D eigenvalue weighted by Crippen LogP contribution is 2.21. The molecule has 0 aliphatic rings. The molecule has 0 amide bonds. The van der Waals surface area contributed by atoms with E-state index in [1.807, 2.05) is 24.3 Å². The van der Waals surface area contributed by atoms with Crippen LogP contribution in [-0.4, -0.2) is 23.5 Å². The van der Waals surface area contributed by atoms with E-state index in [2.05, 4.69) is 18.6 Å². The van der Waals surface area contributed by atoms with Crippen molar-refractivity contribution >= 4 is 12.1 Å². The Hall–Kier alpha value is -2.04. The van der Waals surface area contributed by atoms with Crippen LogP contribution >= 0.6 is 0 Å². The van der Waals surface area contributed by atoms with Crippen LogP contribution in [0.4, 0.5) is 4.79 Å². The highest BCUT2D eigenvalue weighted by Gasteiger charge is 2.26. The summed E-state index contributed by atoms with van der Waals surface area (Å²) in [4.78, 5) is 22.9. The molecule has 1 rings (SSSR count). The molecule has 0 spiro atoms. The average Bonchev–Trinajstić information content (AvgIpc) is 2.45. The highest BCUT2D eigenvalue weighted by atomic mass is 16.8. The van der Waals surface area contributed by atoms with E-state index in [0.29, 0.717) is 5.92 Å². The first-order valence-corrected chi connectivity index (χ1v) is 7.89. The number of ether oxygens (including phenoxy) is 2. The summed E-state index contributed by atoms with van der Waals surface area (Å²) in [5, 5.41) is 8.69. The second-order valence-electron chi connectivity index (χ2n) is 6.49. The van der Waals surface area contributed by atoms with E-state index < -0.39 is 24.3 Å². The van der Waals surface area contributed by atoms with Crippen LogP contribution in [-0.2, 0) is 20.7 Å². The summed E-state index contributed by atoms with van der Waals surface area (Å²) in [5.41, 5.74) is 2.05. The molecule has 0 radical (unpaired) electrons. The van der Waals surface area contributed by atoms with Crippen LogP contribution < -0.4 is 0 Å². The standard InChI is InChI=1S/C18H26O5/c1-11(2)10-14-6-8-15(9-7-14)13(5)16(19)22-17(12(3)4)23-18(20)21/h6-9,11-13,17H,10H2,1-5H3,(H,20,21). The summed E-state index contributed by atoms with van der Waals surface area (Å²) in [5.74, 6) is -0.665. The number of carboxylic acid groups (broad SMARTS) is 1. The number of carbonyl (C=O) groups excluding carboxylic acids is 1. The third-order valence-corrected chi connectivity index (χ3v) is 3.47. The predicted molar refractivity (Wildman–Crippen MR) is 87.2 cm³/mol. The largest absolute Gasteiger partial charge is 0.508 e. The Morgan fingerprint density at radius 2 is 1.57 bits per heavy atom. The Bertz CT molecular complexity index is 519. The van der Waals surface area contributed by atoms with Gasteiger partial charge in [-0.15, -0.1) is 0 Å². The Balaban J connectivity index is 2.73. The smallest absolute Gasteiger partial charge is 0.450 e. The second kappa shape index (κ2) is 8.56. The normalized spacial score (nSPS) is 13.7. The number of rotatable bonds is 7. The van der Waals surface area contributed by atoms with Crippen molar-refractivity contribution in [3.05, 3.63) is 35.4 Å². The molecule has 0 heterocycles. The van der Waals surface area contributed by atoms with Gasteiger partial charge in [-0.3, -0.25) is 4.79 Å². The first kappa shape index (κ1) is 19.0. The van der Waals surface area contributed by atoms with Gasteiger partial charge in [-0.1, -0.05) is 52.0 Å². The van der Waals surface area contributed by atoms with Crippen LogP contribution in [0.1, 0.15) is 51.7 Å². The SMILES string of the molecule is CC(C)Cc1ccc(C(C)C(=O)OC(OC(=O)O)C(C)C)cc1. The molecule has 0 saturated heterocycles. The molecular weight excluding hydrogens is 296 g/mol. The predicted octanol–water partition coefficient (Wildman–Crippen LogP) is 4.21. The molecule has 5 heteroatoms. The summed E-state index contributed by atoms with van der Waals surface area (Å²) in [6.45, 7) is 9.50. The lowest BCUT2D eigenvalue weighted by Crippen LogP contribution is -2.30. The minimum absolute atomic E-state index is 0.254. The van der Waals surface area contributed by atoms with Crippen molar-refractivity contribution in [2.75, 3.05) is 0 Å². The average molecular weight is 322 g/mol. The molecule has 5 nitrogen and oxygen atoms in total. The maximum Gasteiger partial charge on any atom is 0.508 e. The Morgan fingerprint density at radius 1 is 1.00 bits per heavy atom. The van der Waals surface area contributed by atoms with Crippen LogP contribution in [0.3, 0.4) is 0 Å². The third kappa shape index (κ3) is 6.30. The molecule has 0 aliphatic heterocycles. The number of hydrogen-bond acceptors (Lipinski definition) is 4. The van der Waals surface area contributed by atoms with Gasteiger partial charge in [-0.2, -0.15) is 0 Å². The summed E-state index contributed by atoms with van der Waals surface area (Å²) in [6.07, 6.45) is -1.56. The van der Waals surface area contributed by atoms with Gasteiger partial charge in [0.25, 0.3) is 6.29 Å². The maximum atomic E-state index is 12.2. The van der Waals surface area contributed by atoms with Gasteiger partial charge in [0.2, 0.25) is 0 Å². The van der Waals surface area contributed by atoms with E-state index in [4.69, 9.17) is 9.84 Å². The molecule has 0 aromatic heterocycles. The summed E-state index contributed by atoms with van der Waals surface area (Å²) >= 11 is 0. The lowest BCUT2D eigenvalue weighted by atomic mass is 9.97. The molecule has 0 aliphatic carbocycles. The van der Waals surface area contributed by atoms with Gasteiger partial charge in [0, 0.05) is 5.92 Å². The number of benzene rings is 1. The van der Waals surface area contributed by atoms with Crippen molar-refractivity contribution in [3.8, 4) is 0 Å². The molecule has 0 bridgehead atoms. The van der Waals surface area contributed by atoms with Crippen LogP contribution in [0.25, 0.3) is 0 Å². The van der Waals surface area contributed by atoms with Crippen molar-refractivity contribution in [1.29, 1.82) is 0 Å². The molecule has 2 atom stereocenters. The van der Waals surface area contributed by atoms with Crippen LogP contribution in [0, 0.1) is 11.8 Å². The van der Waals surface area contributed by atoms with Crippen molar-refractivity contribution in [2.24, 2.45) is 11.8 Å². The zero-order valence-corrected chi connectivity index (χ0v) is 14.4. The van der Waals surface area contributed by atoms with Crippen molar-refractivity contribution in [1.82, 2.24) is 0 Å². The van der Waals surface area contributed by atoms with E-state index in [0.717, 1.165) is 12.0 Å². The van der Waals surface area contributed by atoms with Gasteiger partial charge in [0.1, 0.15) is 0 Å². The monoisotopic (exact) mass is 322 g/mol. The molecule has 1 N–H and O–H groups in total. The topological polar surface area (TPSA) is 72.8 Å². The quantitative estimate of drug-likeness (QED) is 0.601. The summed E-state index contributed by atoms with van der Waals surface area (Å²) in [7, 11) is 0. The lowest BCUT2D eigenvalue weighted by Gasteiger charge is -2.22. The lowest BCUT2D eigenvalue weighted by molar-refractivity contribution is -0.179. The number of esters is 1. The van der Waals surface area contributed by atoms with Gasteiger partial charge in [0.15, 0.2) is 0 Å². The van der Waals surface area contributed by atoms with E-state index >= 15 is 0 Å². The maximum absolute atomic E-state index is 12.2. The van der Waals surface area contributed by atoms with Gasteiger partial charge >= 0.3 is 12.1 Å². The van der Waals surface area contributed by atoms with Crippen LogP contribution in [0.2, 0.25) is 0 Å². The fourth-order valence-corrected chi connectivity index (χ4v) is 2.16. The Morgan fingerprint density at radius 3 is 2.00 bits per heavy atom.